The lowest BCUT2D eigenvalue weighted by molar-refractivity contribution is -0.151. The van der Waals surface area contributed by atoms with E-state index in [0.29, 0.717) is 29.8 Å². The number of nitrogen functional groups attached to an aromatic ring is 1. The zero-order chi connectivity index (χ0) is 27.3. The number of ether oxygens (including phenoxy) is 3. The SMILES string of the molecule is CCN(N)c1ccc(C(c2cc(COCc3ccc(OC)cc3)c(Cl)s2)C(C)(C)C(=O)OC)c(C)c1N. The molecule has 1 atom stereocenters. The molecule has 0 saturated heterocycles. The van der Waals surface area contributed by atoms with Gasteiger partial charge in [0.05, 0.1) is 48.6 Å². The molecule has 1 unspecified atom stereocenters. The molecule has 0 fully saturated rings. The second-order valence-electron chi connectivity index (χ2n) is 9.43. The number of carbonyl (C=O) groups excluding carboxylic acids is 1. The number of carbonyl (C=O) groups is 1. The monoisotopic (exact) mass is 545 g/mol. The van der Waals surface area contributed by atoms with E-state index in [9.17, 15) is 4.79 Å². The van der Waals surface area contributed by atoms with Crippen LogP contribution < -0.4 is 21.3 Å². The molecule has 0 aliphatic carbocycles. The number of anilines is 2. The number of hydrazine groups is 1. The molecular weight excluding hydrogens is 510 g/mol. The van der Waals surface area contributed by atoms with Gasteiger partial charge in [0.15, 0.2) is 0 Å². The fourth-order valence-electron chi connectivity index (χ4n) is 4.41. The predicted molar refractivity (Wildman–Crippen MR) is 151 cm³/mol. The van der Waals surface area contributed by atoms with Gasteiger partial charge in [-0.25, -0.2) is 5.84 Å². The van der Waals surface area contributed by atoms with Gasteiger partial charge < -0.3 is 25.0 Å². The van der Waals surface area contributed by atoms with Crippen LogP contribution in [0.1, 0.15) is 53.8 Å². The molecule has 37 heavy (non-hydrogen) atoms. The highest BCUT2D eigenvalue weighted by Crippen LogP contribution is 2.48. The molecule has 0 aliphatic heterocycles. The highest BCUT2D eigenvalue weighted by molar-refractivity contribution is 7.16. The molecule has 0 bridgehead atoms. The van der Waals surface area contributed by atoms with Gasteiger partial charge in [-0.2, -0.15) is 0 Å². The van der Waals surface area contributed by atoms with Crippen molar-refractivity contribution < 1.29 is 19.0 Å². The number of thiophene rings is 1. The minimum atomic E-state index is -0.893. The normalized spacial score (nSPS) is 12.3. The molecule has 0 amide bonds. The maximum Gasteiger partial charge on any atom is 0.312 e. The van der Waals surface area contributed by atoms with Crippen LogP contribution in [0.25, 0.3) is 0 Å². The highest BCUT2D eigenvalue weighted by Gasteiger charge is 2.42. The molecule has 3 rings (SSSR count). The van der Waals surface area contributed by atoms with E-state index in [1.54, 1.807) is 12.1 Å². The molecule has 1 aromatic heterocycles. The Bertz CT molecular complexity index is 1230. The number of methoxy groups -OCH3 is 2. The molecule has 3 aromatic rings. The molecular formula is C28H36ClN3O4S. The summed E-state index contributed by atoms with van der Waals surface area (Å²) in [7, 11) is 3.04. The maximum absolute atomic E-state index is 13.0. The third kappa shape index (κ3) is 6.21. The minimum absolute atomic E-state index is 0.324. The summed E-state index contributed by atoms with van der Waals surface area (Å²) in [6.45, 7) is 9.05. The van der Waals surface area contributed by atoms with Crippen molar-refractivity contribution in [2.75, 3.05) is 31.5 Å². The first-order valence-electron chi connectivity index (χ1n) is 12.0. The second-order valence-corrected chi connectivity index (χ2v) is 11.1. The summed E-state index contributed by atoms with van der Waals surface area (Å²) >= 11 is 8.11. The van der Waals surface area contributed by atoms with Crippen molar-refractivity contribution in [1.82, 2.24) is 0 Å². The number of benzene rings is 2. The molecule has 0 spiro atoms. The molecule has 7 nitrogen and oxygen atoms in total. The lowest BCUT2D eigenvalue weighted by Gasteiger charge is -2.33. The molecule has 200 valence electrons. The van der Waals surface area contributed by atoms with E-state index in [-0.39, 0.29) is 11.9 Å². The summed E-state index contributed by atoms with van der Waals surface area (Å²) in [4.78, 5) is 13.9. The third-order valence-corrected chi connectivity index (χ3v) is 8.18. The zero-order valence-electron chi connectivity index (χ0n) is 22.3. The van der Waals surface area contributed by atoms with Gasteiger partial charge in [0, 0.05) is 22.9 Å². The zero-order valence-corrected chi connectivity index (χ0v) is 23.8. The Morgan fingerprint density at radius 3 is 2.41 bits per heavy atom. The number of nitrogens with zero attached hydrogens (tertiary/aromatic N) is 1. The number of halogens is 1. The third-order valence-electron chi connectivity index (χ3n) is 6.67. The smallest absolute Gasteiger partial charge is 0.312 e. The Morgan fingerprint density at radius 2 is 1.81 bits per heavy atom. The number of esters is 1. The Hall–Kier alpha value is -2.78. The van der Waals surface area contributed by atoms with Crippen LogP contribution in [0.2, 0.25) is 4.34 Å². The van der Waals surface area contributed by atoms with Crippen molar-refractivity contribution >= 4 is 40.3 Å². The lowest BCUT2D eigenvalue weighted by Crippen LogP contribution is -2.34. The molecule has 9 heteroatoms. The van der Waals surface area contributed by atoms with Crippen LogP contribution in [0, 0.1) is 12.3 Å². The van der Waals surface area contributed by atoms with E-state index < -0.39 is 5.41 Å². The topological polar surface area (TPSA) is 100 Å². The predicted octanol–water partition coefficient (Wildman–Crippen LogP) is 6.05. The Labute approximate surface area is 228 Å². The Kier molecular flexibility index (Phi) is 9.47. The van der Waals surface area contributed by atoms with Gasteiger partial charge in [-0.05, 0) is 68.7 Å². The van der Waals surface area contributed by atoms with Gasteiger partial charge in [-0.3, -0.25) is 4.79 Å². The molecule has 0 saturated carbocycles. The average molecular weight is 546 g/mol. The highest BCUT2D eigenvalue weighted by atomic mass is 35.5. The van der Waals surface area contributed by atoms with E-state index in [1.165, 1.54) is 18.4 Å². The summed E-state index contributed by atoms with van der Waals surface area (Å²) in [5.74, 6) is 6.26. The van der Waals surface area contributed by atoms with Crippen molar-refractivity contribution in [1.29, 1.82) is 0 Å². The van der Waals surface area contributed by atoms with Crippen LogP contribution in [-0.2, 0) is 27.5 Å². The van der Waals surface area contributed by atoms with Gasteiger partial charge in [-0.1, -0.05) is 29.8 Å². The van der Waals surface area contributed by atoms with Crippen LogP contribution in [0.3, 0.4) is 0 Å². The first-order valence-corrected chi connectivity index (χ1v) is 13.2. The standard InChI is InChI=1S/C28H36ClN3O4S/c1-7-32(31)22-13-12-21(17(2)25(22)30)24(28(3,4)27(33)35-6)23-14-19(26(29)37-23)16-36-15-18-8-10-20(34-5)11-9-18/h8-14,24H,7,15-16,30-31H2,1-6H3. The van der Waals surface area contributed by atoms with Gasteiger partial charge >= 0.3 is 5.97 Å². The number of nitrogens with two attached hydrogens (primary N) is 2. The Morgan fingerprint density at radius 1 is 1.14 bits per heavy atom. The van der Waals surface area contributed by atoms with Crippen molar-refractivity contribution in [2.24, 2.45) is 11.3 Å². The first kappa shape index (κ1) is 28.8. The van der Waals surface area contributed by atoms with E-state index in [2.05, 4.69) is 0 Å². The fourth-order valence-corrected chi connectivity index (χ4v) is 5.98. The number of hydrogen-bond acceptors (Lipinski definition) is 8. The van der Waals surface area contributed by atoms with Crippen LogP contribution >= 0.6 is 22.9 Å². The van der Waals surface area contributed by atoms with E-state index >= 15 is 0 Å². The number of hydrogen-bond donors (Lipinski definition) is 2. The summed E-state index contributed by atoms with van der Waals surface area (Å²) in [5, 5.41) is 1.60. The lowest BCUT2D eigenvalue weighted by atomic mass is 9.72. The van der Waals surface area contributed by atoms with Crippen LogP contribution in [0.4, 0.5) is 11.4 Å². The van der Waals surface area contributed by atoms with E-state index in [0.717, 1.165) is 38.6 Å². The largest absolute Gasteiger partial charge is 0.497 e. The summed E-state index contributed by atoms with van der Waals surface area (Å²) in [6.07, 6.45) is 0. The average Bonchev–Trinajstić information content (AvgIpc) is 3.25. The maximum atomic E-state index is 13.0. The van der Waals surface area contributed by atoms with Gasteiger partial charge in [-0.15, -0.1) is 11.3 Å². The van der Waals surface area contributed by atoms with Crippen LogP contribution in [0.15, 0.2) is 42.5 Å². The number of rotatable bonds is 11. The van der Waals surface area contributed by atoms with Crippen LogP contribution in [0.5, 0.6) is 5.75 Å². The molecule has 4 N–H and O–H groups in total. The summed E-state index contributed by atoms with van der Waals surface area (Å²) in [6, 6.07) is 13.6. The fraction of sp³-hybridized carbons (Fsp3) is 0.393. The summed E-state index contributed by atoms with van der Waals surface area (Å²) in [5.41, 5.74) is 10.6. The molecule has 1 heterocycles. The van der Waals surface area contributed by atoms with E-state index in [1.807, 2.05) is 70.2 Å². The van der Waals surface area contributed by atoms with Crippen molar-refractivity contribution in [2.45, 2.75) is 46.8 Å². The Balaban J connectivity index is 1.95. The van der Waals surface area contributed by atoms with Crippen molar-refractivity contribution in [3.63, 3.8) is 0 Å². The van der Waals surface area contributed by atoms with E-state index in [4.69, 9.17) is 37.4 Å². The first-order chi connectivity index (χ1) is 17.5. The minimum Gasteiger partial charge on any atom is -0.497 e. The van der Waals surface area contributed by atoms with Crippen molar-refractivity contribution in [3.8, 4) is 5.75 Å². The van der Waals surface area contributed by atoms with Gasteiger partial charge in [0.2, 0.25) is 0 Å². The van der Waals surface area contributed by atoms with Crippen molar-refractivity contribution in [3.05, 3.63) is 73.9 Å². The molecule has 0 aliphatic rings. The quantitative estimate of drug-likeness (QED) is 0.131. The molecule has 2 aromatic carbocycles. The van der Waals surface area contributed by atoms with Crippen LogP contribution in [-0.4, -0.2) is 26.7 Å². The van der Waals surface area contributed by atoms with Gasteiger partial charge in [0.1, 0.15) is 5.75 Å². The molecule has 0 radical (unpaired) electrons. The van der Waals surface area contributed by atoms with Gasteiger partial charge in [0.25, 0.3) is 0 Å². The summed E-state index contributed by atoms with van der Waals surface area (Å²) < 4.78 is 17.0. The second kappa shape index (κ2) is 12.2.